The van der Waals surface area contributed by atoms with Gasteiger partial charge in [0.2, 0.25) is 0 Å². The van der Waals surface area contributed by atoms with Crippen LogP contribution in [0.3, 0.4) is 0 Å². The Bertz CT molecular complexity index is 411. The third kappa shape index (κ3) is 3.50. The molecule has 1 aliphatic rings. The van der Waals surface area contributed by atoms with Crippen molar-refractivity contribution in [2.75, 3.05) is 25.0 Å². The van der Waals surface area contributed by atoms with Gasteiger partial charge in [-0.1, -0.05) is 6.92 Å². The number of rotatable bonds is 4. The minimum Gasteiger partial charge on any atom is -0.379 e. The summed E-state index contributed by atoms with van der Waals surface area (Å²) in [5, 5.41) is 8.22. The average Bonchev–Trinajstić information content (AvgIpc) is 2.58. The van der Waals surface area contributed by atoms with Crippen LogP contribution in [0.5, 0.6) is 0 Å². The van der Waals surface area contributed by atoms with E-state index in [1.54, 1.807) is 0 Å². The minimum atomic E-state index is 0.600. The molecule has 0 aliphatic carbocycles. The van der Waals surface area contributed by atoms with Gasteiger partial charge in [-0.15, -0.1) is 0 Å². The van der Waals surface area contributed by atoms with Crippen molar-refractivity contribution < 1.29 is 0 Å². The molecule has 1 aromatic rings. The van der Waals surface area contributed by atoms with E-state index in [1.807, 2.05) is 11.7 Å². The van der Waals surface area contributed by atoms with Gasteiger partial charge in [0.1, 0.15) is 0 Å². The van der Waals surface area contributed by atoms with Crippen molar-refractivity contribution in [2.24, 2.45) is 7.05 Å². The quantitative estimate of drug-likeness (QED) is 0.907. The summed E-state index contributed by atoms with van der Waals surface area (Å²) in [5.74, 6) is 0. The zero-order chi connectivity index (χ0) is 13.8. The maximum atomic E-state index is 4.49. The van der Waals surface area contributed by atoms with Crippen LogP contribution in [0.15, 0.2) is 0 Å². The van der Waals surface area contributed by atoms with E-state index in [9.17, 15) is 0 Å². The Morgan fingerprint density at radius 2 is 2.05 bits per heavy atom. The Kier molecular flexibility index (Phi) is 4.86. The Hall–Kier alpha value is -1.03. The first-order chi connectivity index (χ1) is 9.11. The van der Waals surface area contributed by atoms with Crippen molar-refractivity contribution >= 4 is 5.69 Å². The highest BCUT2D eigenvalue weighted by atomic mass is 15.3. The van der Waals surface area contributed by atoms with Crippen LogP contribution in [0.4, 0.5) is 5.69 Å². The van der Waals surface area contributed by atoms with Gasteiger partial charge < -0.3 is 10.2 Å². The van der Waals surface area contributed by atoms with Crippen molar-refractivity contribution in [3.05, 3.63) is 11.4 Å². The lowest BCUT2D eigenvalue weighted by Crippen LogP contribution is -2.27. The van der Waals surface area contributed by atoms with E-state index < -0.39 is 0 Å². The highest BCUT2D eigenvalue weighted by Crippen LogP contribution is 2.22. The van der Waals surface area contributed by atoms with E-state index in [0.717, 1.165) is 5.69 Å². The minimum absolute atomic E-state index is 0.600. The zero-order valence-electron chi connectivity index (χ0n) is 12.9. The molecular weight excluding hydrogens is 236 g/mol. The topological polar surface area (TPSA) is 33.1 Å². The standard InChI is InChI=1S/C15H28N4/c1-5-9-19-10-6-7-14(8-11-19)16-15-12(2)17-18(4)13(15)3/h14,16H,5-11H2,1-4H3. The van der Waals surface area contributed by atoms with Gasteiger partial charge in [-0.25, -0.2) is 0 Å². The third-order valence-electron chi connectivity index (χ3n) is 4.22. The lowest BCUT2D eigenvalue weighted by Gasteiger charge is -2.20. The highest BCUT2D eigenvalue weighted by molar-refractivity contribution is 5.52. The molecule has 2 rings (SSSR count). The van der Waals surface area contributed by atoms with E-state index in [0.29, 0.717) is 6.04 Å². The van der Waals surface area contributed by atoms with Crippen LogP contribution in [0, 0.1) is 13.8 Å². The van der Waals surface area contributed by atoms with E-state index >= 15 is 0 Å². The second-order valence-electron chi connectivity index (χ2n) is 5.78. The van der Waals surface area contributed by atoms with Crippen LogP contribution in [0.2, 0.25) is 0 Å². The first-order valence-corrected chi connectivity index (χ1v) is 7.61. The van der Waals surface area contributed by atoms with Crippen LogP contribution in [-0.4, -0.2) is 40.4 Å². The fourth-order valence-electron chi connectivity index (χ4n) is 3.03. The van der Waals surface area contributed by atoms with E-state index in [1.165, 1.54) is 56.7 Å². The summed E-state index contributed by atoms with van der Waals surface area (Å²) in [6.45, 7) is 10.2. The van der Waals surface area contributed by atoms with Gasteiger partial charge in [-0.2, -0.15) is 5.10 Å². The van der Waals surface area contributed by atoms with Gasteiger partial charge in [0.25, 0.3) is 0 Å². The molecule has 0 spiro atoms. The molecular formula is C15H28N4. The Labute approximate surface area is 117 Å². The molecule has 19 heavy (non-hydrogen) atoms. The van der Waals surface area contributed by atoms with Gasteiger partial charge in [0.15, 0.2) is 0 Å². The molecule has 1 fully saturated rings. The largest absolute Gasteiger partial charge is 0.379 e. The van der Waals surface area contributed by atoms with Crippen molar-refractivity contribution in [1.82, 2.24) is 14.7 Å². The van der Waals surface area contributed by atoms with Crippen molar-refractivity contribution in [2.45, 2.75) is 52.5 Å². The van der Waals surface area contributed by atoms with E-state index in [-0.39, 0.29) is 0 Å². The van der Waals surface area contributed by atoms with Crippen molar-refractivity contribution in [1.29, 1.82) is 0 Å². The Morgan fingerprint density at radius 3 is 2.68 bits per heavy atom. The Balaban J connectivity index is 1.96. The van der Waals surface area contributed by atoms with Crippen molar-refractivity contribution in [3.8, 4) is 0 Å². The molecule has 4 nitrogen and oxygen atoms in total. The number of hydrogen-bond acceptors (Lipinski definition) is 3. The summed E-state index contributed by atoms with van der Waals surface area (Å²) in [4.78, 5) is 2.60. The molecule has 1 aliphatic heterocycles. The molecule has 108 valence electrons. The second-order valence-corrected chi connectivity index (χ2v) is 5.78. The van der Waals surface area contributed by atoms with Gasteiger partial charge in [0, 0.05) is 19.6 Å². The number of anilines is 1. The number of aromatic nitrogens is 2. The first-order valence-electron chi connectivity index (χ1n) is 7.61. The molecule has 0 saturated carbocycles. The zero-order valence-corrected chi connectivity index (χ0v) is 12.9. The van der Waals surface area contributed by atoms with Crippen molar-refractivity contribution in [3.63, 3.8) is 0 Å². The average molecular weight is 264 g/mol. The molecule has 0 aromatic carbocycles. The SMILES string of the molecule is CCCN1CCCC(Nc2c(C)nn(C)c2C)CC1. The molecule has 1 aromatic heterocycles. The van der Waals surface area contributed by atoms with Crippen LogP contribution in [0.1, 0.15) is 44.0 Å². The summed E-state index contributed by atoms with van der Waals surface area (Å²) >= 11 is 0. The molecule has 1 saturated heterocycles. The van der Waals surface area contributed by atoms with Crippen LogP contribution in [-0.2, 0) is 7.05 Å². The summed E-state index contributed by atoms with van der Waals surface area (Å²) in [6.07, 6.45) is 5.08. The van der Waals surface area contributed by atoms with Gasteiger partial charge >= 0.3 is 0 Å². The maximum Gasteiger partial charge on any atom is 0.0827 e. The number of likely N-dealkylation sites (tertiary alicyclic amines) is 1. The molecule has 0 radical (unpaired) electrons. The molecule has 1 atom stereocenters. The maximum absolute atomic E-state index is 4.49. The molecule has 0 amide bonds. The van der Waals surface area contributed by atoms with E-state index in [2.05, 4.69) is 36.1 Å². The van der Waals surface area contributed by atoms with Gasteiger partial charge in [-0.3, -0.25) is 4.68 Å². The van der Waals surface area contributed by atoms with E-state index in [4.69, 9.17) is 0 Å². The number of nitrogens with zero attached hydrogens (tertiary/aromatic N) is 3. The monoisotopic (exact) mass is 264 g/mol. The first kappa shape index (κ1) is 14.4. The predicted molar refractivity (Wildman–Crippen MR) is 80.7 cm³/mol. The third-order valence-corrected chi connectivity index (χ3v) is 4.22. The smallest absolute Gasteiger partial charge is 0.0827 e. The normalized spacial score (nSPS) is 21.4. The number of nitrogens with one attached hydrogen (secondary N) is 1. The molecule has 0 bridgehead atoms. The Morgan fingerprint density at radius 1 is 1.26 bits per heavy atom. The number of hydrogen-bond donors (Lipinski definition) is 1. The summed E-state index contributed by atoms with van der Waals surface area (Å²) < 4.78 is 1.97. The fourth-order valence-corrected chi connectivity index (χ4v) is 3.03. The molecule has 2 heterocycles. The fraction of sp³-hybridized carbons (Fsp3) is 0.800. The molecule has 1 unspecified atom stereocenters. The summed E-state index contributed by atoms with van der Waals surface area (Å²) in [7, 11) is 2.02. The molecule has 1 N–H and O–H groups in total. The van der Waals surface area contributed by atoms with Crippen LogP contribution < -0.4 is 5.32 Å². The second kappa shape index (κ2) is 6.42. The van der Waals surface area contributed by atoms with Crippen LogP contribution in [0.25, 0.3) is 0 Å². The lowest BCUT2D eigenvalue weighted by molar-refractivity contribution is 0.285. The lowest BCUT2D eigenvalue weighted by atomic mass is 10.1. The van der Waals surface area contributed by atoms with Gasteiger partial charge in [0.05, 0.1) is 17.1 Å². The number of aryl methyl sites for hydroxylation is 2. The van der Waals surface area contributed by atoms with Crippen LogP contribution >= 0.6 is 0 Å². The summed E-state index contributed by atoms with van der Waals surface area (Å²) in [6, 6.07) is 0.600. The highest BCUT2D eigenvalue weighted by Gasteiger charge is 2.19. The summed E-state index contributed by atoms with van der Waals surface area (Å²) in [5.41, 5.74) is 3.61. The predicted octanol–water partition coefficient (Wildman–Crippen LogP) is 2.71. The van der Waals surface area contributed by atoms with Gasteiger partial charge in [-0.05, 0) is 52.6 Å². The molecule has 4 heteroatoms.